The zero-order valence-electron chi connectivity index (χ0n) is 7.68. The van der Waals surface area contributed by atoms with E-state index in [2.05, 4.69) is 4.98 Å². The minimum atomic E-state index is -4.16. The van der Waals surface area contributed by atoms with Gasteiger partial charge in [0.1, 0.15) is 5.52 Å². The second kappa shape index (κ2) is 3.46. The highest BCUT2D eigenvalue weighted by molar-refractivity contribution is 8.14. The molecule has 0 bridgehead atoms. The van der Waals surface area contributed by atoms with E-state index in [1.165, 1.54) is 12.1 Å². The molecule has 16 heavy (non-hydrogen) atoms. The zero-order valence-corrected chi connectivity index (χ0v) is 9.25. The molecule has 0 atom stereocenters. The fraction of sp³-hybridized carbons (Fsp3) is 0. The van der Waals surface area contributed by atoms with Crippen molar-refractivity contribution in [1.29, 1.82) is 0 Å². The summed E-state index contributed by atoms with van der Waals surface area (Å²) in [5.74, 6) is -0.615. The van der Waals surface area contributed by atoms with Gasteiger partial charge in [0.2, 0.25) is 0 Å². The van der Waals surface area contributed by atoms with Crippen LogP contribution in [0, 0.1) is 10.1 Å². The second-order valence-electron chi connectivity index (χ2n) is 3.04. The predicted octanol–water partition coefficient (Wildman–Crippen LogP) is 2.00. The lowest BCUT2D eigenvalue weighted by atomic mass is 10.2. The number of benzene rings is 1. The van der Waals surface area contributed by atoms with Crippen molar-refractivity contribution in [2.24, 2.45) is 0 Å². The smallest absolute Gasteiger partial charge is 0.342 e. The fourth-order valence-electron chi connectivity index (χ4n) is 1.48. The van der Waals surface area contributed by atoms with E-state index in [0.29, 0.717) is 5.52 Å². The molecule has 0 unspecified atom stereocenters. The first-order valence-corrected chi connectivity index (χ1v) is 6.42. The third-order valence-corrected chi connectivity index (χ3v) is 3.43. The Balaban J connectivity index is 2.97. The Morgan fingerprint density at radius 1 is 1.31 bits per heavy atom. The molecule has 0 fully saturated rings. The monoisotopic (exact) mass is 260 g/mol. The van der Waals surface area contributed by atoms with Crippen LogP contribution in [0.4, 0.5) is 5.82 Å². The maximum absolute atomic E-state index is 11.3. The number of para-hydroxylation sites is 1. The van der Waals surface area contributed by atoms with Gasteiger partial charge in [-0.25, -0.2) is 13.4 Å². The van der Waals surface area contributed by atoms with Crippen LogP contribution < -0.4 is 0 Å². The highest BCUT2D eigenvalue weighted by atomic mass is 35.7. The van der Waals surface area contributed by atoms with Crippen LogP contribution in [0.25, 0.3) is 10.9 Å². The summed E-state index contributed by atoms with van der Waals surface area (Å²) >= 11 is 0. The van der Waals surface area contributed by atoms with Crippen LogP contribution in [0.3, 0.4) is 0 Å². The quantitative estimate of drug-likeness (QED) is 0.508. The summed E-state index contributed by atoms with van der Waals surface area (Å²) in [6.07, 6.45) is 0. The van der Waals surface area contributed by atoms with Gasteiger partial charge in [-0.05, 0) is 17.1 Å². The third kappa shape index (κ3) is 1.63. The third-order valence-electron chi connectivity index (χ3n) is 2.07. The molecule has 0 radical (unpaired) electrons. The predicted molar refractivity (Wildman–Crippen MR) is 58.0 cm³/mol. The Morgan fingerprint density at radius 3 is 2.50 bits per heavy atom. The maximum Gasteiger partial charge on any atom is 0.342 e. The molecule has 0 saturated heterocycles. The molecule has 0 aliphatic carbocycles. The van der Waals surface area contributed by atoms with Gasteiger partial charge in [-0.3, -0.25) is 0 Å². The first-order valence-electron chi connectivity index (χ1n) is 4.11. The average molecular weight is 261 g/mol. The summed E-state index contributed by atoms with van der Waals surface area (Å²) < 4.78 is 22.5. The Bertz CT molecular complexity index is 676. The van der Waals surface area contributed by atoms with E-state index < -0.39 is 24.7 Å². The van der Waals surface area contributed by atoms with Gasteiger partial charge in [-0.2, -0.15) is 0 Å². The van der Waals surface area contributed by atoms with Crippen LogP contribution in [0.5, 0.6) is 0 Å². The summed E-state index contributed by atoms with van der Waals surface area (Å²) in [6, 6.07) is 6.20. The van der Waals surface area contributed by atoms with Crippen LogP contribution in [-0.2, 0) is 9.05 Å². The number of nitrogens with zero attached hydrogens (tertiary/aromatic N) is 1. The van der Waals surface area contributed by atoms with Crippen LogP contribution >= 0.6 is 10.7 Å². The maximum atomic E-state index is 11.3. The minimum absolute atomic E-state index is 0.212. The average Bonchev–Trinajstić information content (AvgIpc) is 2.55. The summed E-state index contributed by atoms with van der Waals surface area (Å²) in [7, 11) is 1.01. The normalized spacial score (nSPS) is 11.8. The van der Waals surface area contributed by atoms with Crippen molar-refractivity contribution >= 4 is 36.5 Å². The first kappa shape index (κ1) is 10.9. The molecule has 0 aliphatic heterocycles. The van der Waals surface area contributed by atoms with E-state index in [4.69, 9.17) is 10.7 Å². The van der Waals surface area contributed by atoms with Gasteiger partial charge in [0, 0.05) is 16.1 Å². The van der Waals surface area contributed by atoms with E-state index >= 15 is 0 Å². The molecule has 2 aromatic rings. The number of hydrogen-bond acceptors (Lipinski definition) is 4. The van der Waals surface area contributed by atoms with Crippen LogP contribution in [0.2, 0.25) is 0 Å². The van der Waals surface area contributed by atoms with Crippen molar-refractivity contribution in [2.75, 3.05) is 0 Å². The lowest BCUT2D eigenvalue weighted by molar-refractivity contribution is -0.391. The number of H-pyrrole nitrogens is 1. The van der Waals surface area contributed by atoms with Gasteiger partial charge >= 0.3 is 5.82 Å². The second-order valence-corrected chi connectivity index (χ2v) is 5.55. The van der Waals surface area contributed by atoms with Crippen molar-refractivity contribution in [3.63, 3.8) is 0 Å². The van der Waals surface area contributed by atoms with Crippen molar-refractivity contribution < 1.29 is 13.3 Å². The largest absolute Gasteiger partial charge is 0.358 e. The van der Waals surface area contributed by atoms with Gasteiger partial charge in [0.05, 0.1) is 0 Å². The lowest BCUT2D eigenvalue weighted by Gasteiger charge is -1.94. The number of fused-ring (bicyclic) bond motifs is 1. The summed E-state index contributed by atoms with van der Waals surface area (Å²) in [5, 5.41) is 10.9. The molecule has 8 heteroatoms. The Labute approximate surface area is 94.4 Å². The number of aromatic amines is 1. The number of nitro groups is 1. The van der Waals surface area contributed by atoms with Gasteiger partial charge < -0.3 is 10.1 Å². The van der Waals surface area contributed by atoms with E-state index in [0.717, 1.165) is 0 Å². The number of rotatable bonds is 2. The van der Waals surface area contributed by atoms with Gasteiger partial charge in [0.25, 0.3) is 9.05 Å². The SMILES string of the molecule is O=[N+]([O-])c1[nH]c2ccccc2c1S(=O)(=O)Cl. The lowest BCUT2D eigenvalue weighted by Crippen LogP contribution is -1.96. The molecule has 1 aromatic carbocycles. The Kier molecular flexibility index (Phi) is 2.36. The van der Waals surface area contributed by atoms with Crippen molar-refractivity contribution in [3.8, 4) is 0 Å². The molecule has 1 heterocycles. The van der Waals surface area contributed by atoms with E-state index in [1.807, 2.05) is 0 Å². The van der Waals surface area contributed by atoms with Crippen LogP contribution in [0.1, 0.15) is 0 Å². The van der Waals surface area contributed by atoms with Crippen LogP contribution in [0.15, 0.2) is 29.2 Å². The van der Waals surface area contributed by atoms with Crippen molar-refractivity contribution in [2.45, 2.75) is 4.90 Å². The van der Waals surface area contributed by atoms with Crippen LogP contribution in [-0.4, -0.2) is 18.3 Å². The number of hydrogen-bond donors (Lipinski definition) is 1. The zero-order chi connectivity index (χ0) is 11.9. The molecule has 0 saturated carbocycles. The topological polar surface area (TPSA) is 93.1 Å². The van der Waals surface area contributed by atoms with E-state index in [9.17, 15) is 18.5 Å². The number of halogens is 1. The molecule has 2 rings (SSSR count). The standard InChI is InChI=1S/C8H5ClN2O4S/c9-16(14,15)7-5-3-1-2-4-6(5)10-8(7)11(12)13/h1-4,10H. The van der Waals surface area contributed by atoms with Gasteiger partial charge in [-0.1, -0.05) is 12.1 Å². The highest BCUT2D eigenvalue weighted by Crippen LogP contribution is 2.33. The highest BCUT2D eigenvalue weighted by Gasteiger charge is 2.29. The Morgan fingerprint density at radius 2 is 1.94 bits per heavy atom. The van der Waals surface area contributed by atoms with Gasteiger partial charge in [0.15, 0.2) is 4.90 Å². The van der Waals surface area contributed by atoms with Crippen molar-refractivity contribution in [1.82, 2.24) is 4.98 Å². The van der Waals surface area contributed by atoms with E-state index in [1.54, 1.807) is 12.1 Å². The molecule has 0 amide bonds. The molecule has 0 aliphatic rings. The molecule has 1 N–H and O–H groups in total. The van der Waals surface area contributed by atoms with Gasteiger partial charge in [-0.15, -0.1) is 0 Å². The molecular formula is C8H5ClN2O4S. The number of nitrogens with one attached hydrogen (secondary N) is 1. The molecular weight excluding hydrogens is 256 g/mol. The minimum Gasteiger partial charge on any atom is -0.358 e. The summed E-state index contributed by atoms with van der Waals surface area (Å²) in [4.78, 5) is 11.8. The Hall–Kier alpha value is -1.60. The first-order chi connectivity index (χ1) is 7.41. The van der Waals surface area contributed by atoms with Crippen molar-refractivity contribution in [3.05, 3.63) is 34.4 Å². The molecule has 0 spiro atoms. The summed E-state index contributed by atoms with van der Waals surface area (Å²) in [5.41, 5.74) is 0.355. The fourth-order valence-corrected chi connectivity index (χ4v) is 2.74. The van der Waals surface area contributed by atoms with E-state index in [-0.39, 0.29) is 5.39 Å². The molecule has 6 nitrogen and oxygen atoms in total. The molecule has 84 valence electrons. The molecule has 1 aromatic heterocycles. The number of aromatic nitrogens is 1. The summed E-state index contributed by atoms with van der Waals surface area (Å²) in [6.45, 7) is 0.